The second kappa shape index (κ2) is 7.23. The standard InChI is InChI=1S/C19H20N2O3.ClH/c20-15-6-3-13(4-7-15)19(22)21-9-1-2-16(21)14-5-8-17-18(12-14)24-11-10-23-17;/h3-8,12,16H,1-2,9-11,20H2;1H. The lowest BCUT2D eigenvalue weighted by molar-refractivity contribution is 0.0735. The first-order chi connectivity index (χ1) is 11.7. The van der Waals surface area contributed by atoms with Crippen molar-refractivity contribution in [3.63, 3.8) is 0 Å². The topological polar surface area (TPSA) is 64.8 Å². The van der Waals surface area contributed by atoms with Crippen LogP contribution in [0.4, 0.5) is 5.69 Å². The second-order valence-corrected chi connectivity index (χ2v) is 6.18. The van der Waals surface area contributed by atoms with E-state index in [-0.39, 0.29) is 24.4 Å². The first-order valence-corrected chi connectivity index (χ1v) is 8.28. The van der Waals surface area contributed by atoms with Crippen LogP contribution in [-0.2, 0) is 0 Å². The number of benzene rings is 2. The number of nitrogen functional groups attached to an aromatic ring is 1. The summed E-state index contributed by atoms with van der Waals surface area (Å²) >= 11 is 0. The number of amides is 1. The van der Waals surface area contributed by atoms with E-state index in [1.165, 1.54) is 0 Å². The molecular formula is C19H21ClN2O3. The van der Waals surface area contributed by atoms with Gasteiger partial charge in [-0.05, 0) is 54.8 Å². The summed E-state index contributed by atoms with van der Waals surface area (Å²) in [6.45, 7) is 1.91. The maximum atomic E-state index is 12.9. The van der Waals surface area contributed by atoms with Crippen molar-refractivity contribution in [1.29, 1.82) is 0 Å². The van der Waals surface area contributed by atoms with E-state index >= 15 is 0 Å². The third-order valence-corrected chi connectivity index (χ3v) is 4.62. The van der Waals surface area contributed by atoms with Gasteiger partial charge in [-0.15, -0.1) is 12.4 Å². The molecule has 6 heteroatoms. The van der Waals surface area contributed by atoms with Crippen LogP contribution in [0.15, 0.2) is 42.5 Å². The van der Waals surface area contributed by atoms with Crippen molar-refractivity contribution in [1.82, 2.24) is 4.90 Å². The van der Waals surface area contributed by atoms with Crippen molar-refractivity contribution in [2.45, 2.75) is 18.9 Å². The average molecular weight is 361 g/mol. The summed E-state index contributed by atoms with van der Waals surface area (Å²) in [5.41, 5.74) is 8.15. The molecule has 1 saturated heterocycles. The molecule has 2 aromatic carbocycles. The lowest BCUT2D eigenvalue weighted by Gasteiger charge is -2.27. The number of fused-ring (bicyclic) bond motifs is 1. The molecule has 0 aromatic heterocycles. The van der Waals surface area contributed by atoms with Crippen LogP contribution in [-0.4, -0.2) is 30.6 Å². The minimum atomic E-state index is 0. The highest BCUT2D eigenvalue weighted by Crippen LogP contribution is 2.38. The van der Waals surface area contributed by atoms with E-state index in [1.54, 1.807) is 24.3 Å². The molecule has 0 saturated carbocycles. The minimum Gasteiger partial charge on any atom is -0.486 e. The summed E-state index contributed by atoms with van der Waals surface area (Å²) < 4.78 is 11.3. The molecule has 2 aromatic rings. The third-order valence-electron chi connectivity index (χ3n) is 4.62. The van der Waals surface area contributed by atoms with E-state index in [0.717, 1.165) is 36.4 Å². The molecule has 0 aliphatic carbocycles. The Morgan fingerprint density at radius 2 is 1.76 bits per heavy atom. The number of nitrogens with two attached hydrogens (primary N) is 1. The number of hydrogen-bond acceptors (Lipinski definition) is 4. The lowest BCUT2D eigenvalue weighted by atomic mass is 10.0. The highest BCUT2D eigenvalue weighted by Gasteiger charge is 2.31. The summed E-state index contributed by atoms with van der Waals surface area (Å²) in [7, 11) is 0. The first-order valence-electron chi connectivity index (χ1n) is 8.28. The van der Waals surface area contributed by atoms with Crippen molar-refractivity contribution in [2.75, 3.05) is 25.5 Å². The Labute approximate surface area is 153 Å². The Hall–Kier alpha value is -2.40. The van der Waals surface area contributed by atoms with Crippen LogP contribution in [0.1, 0.15) is 34.8 Å². The number of carbonyl (C=O) groups is 1. The van der Waals surface area contributed by atoms with Gasteiger partial charge in [-0.2, -0.15) is 0 Å². The van der Waals surface area contributed by atoms with Gasteiger partial charge in [0, 0.05) is 17.8 Å². The second-order valence-electron chi connectivity index (χ2n) is 6.18. The van der Waals surface area contributed by atoms with Gasteiger partial charge in [-0.1, -0.05) is 6.07 Å². The number of likely N-dealkylation sites (tertiary alicyclic amines) is 1. The van der Waals surface area contributed by atoms with E-state index in [1.807, 2.05) is 23.1 Å². The largest absolute Gasteiger partial charge is 0.486 e. The van der Waals surface area contributed by atoms with Crippen molar-refractivity contribution >= 4 is 24.0 Å². The van der Waals surface area contributed by atoms with Gasteiger partial charge in [0.25, 0.3) is 5.91 Å². The summed E-state index contributed by atoms with van der Waals surface area (Å²) in [6, 6.07) is 13.2. The number of nitrogens with zero attached hydrogens (tertiary/aromatic N) is 1. The Balaban J connectivity index is 0.00000182. The zero-order chi connectivity index (χ0) is 16.5. The number of rotatable bonds is 2. The Morgan fingerprint density at radius 3 is 2.52 bits per heavy atom. The minimum absolute atomic E-state index is 0. The molecule has 0 radical (unpaired) electrons. The normalized spacial score (nSPS) is 18.6. The van der Waals surface area contributed by atoms with Crippen molar-refractivity contribution in [3.8, 4) is 11.5 Å². The van der Waals surface area contributed by atoms with Gasteiger partial charge in [0.15, 0.2) is 11.5 Å². The highest BCUT2D eigenvalue weighted by molar-refractivity contribution is 5.95. The van der Waals surface area contributed by atoms with Crippen LogP contribution >= 0.6 is 12.4 Å². The SMILES string of the molecule is Cl.Nc1ccc(C(=O)N2CCCC2c2ccc3c(c2)OCCO3)cc1. The van der Waals surface area contributed by atoms with E-state index in [4.69, 9.17) is 15.2 Å². The first kappa shape index (κ1) is 17.4. The molecule has 1 atom stereocenters. The van der Waals surface area contributed by atoms with Crippen molar-refractivity contribution in [2.24, 2.45) is 0 Å². The summed E-state index contributed by atoms with van der Waals surface area (Å²) in [6.07, 6.45) is 1.96. The van der Waals surface area contributed by atoms with Gasteiger partial charge >= 0.3 is 0 Å². The van der Waals surface area contributed by atoms with Crippen LogP contribution in [0.25, 0.3) is 0 Å². The fourth-order valence-corrected chi connectivity index (χ4v) is 3.42. The molecule has 1 unspecified atom stereocenters. The highest BCUT2D eigenvalue weighted by atomic mass is 35.5. The van der Waals surface area contributed by atoms with E-state index in [9.17, 15) is 4.79 Å². The number of anilines is 1. The van der Waals surface area contributed by atoms with Crippen LogP contribution < -0.4 is 15.2 Å². The quantitative estimate of drug-likeness (QED) is 0.833. The number of ether oxygens (including phenoxy) is 2. The number of halogens is 1. The van der Waals surface area contributed by atoms with Gasteiger partial charge in [0.1, 0.15) is 13.2 Å². The smallest absolute Gasteiger partial charge is 0.254 e. The Morgan fingerprint density at radius 1 is 1.04 bits per heavy atom. The molecule has 0 spiro atoms. The van der Waals surface area contributed by atoms with Gasteiger partial charge in [0.05, 0.1) is 6.04 Å². The van der Waals surface area contributed by atoms with Gasteiger partial charge < -0.3 is 20.1 Å². The molecule has 1 amide bonds. The predicted molar refractivity (Wildman–Crippen MR) is 98.5 cm³/mol. The maximum Gasteiger partial charge on any atom is 0.254 e. The zero-order valence-corrected chi connectivity index (χ0v) is 14.6. The summed E-state index contributed by atoms with van der Waals surface area (Å²) in [4.78, 5) is 14.8. The molecule has 2 aliphatic heterocycles. The predicted octanol–water partition coefficient (Wildman–Crippen LogP) is 3.44. The molecule has 2 N–H and O–H groups in total. The van der Waals surface area contributed by atoms with Crippen LogP contribution in [0.3, 0.4) is 0 Å². The Kier molecular flexibility index (Phi) is 5.04. The molecule has 1 fully saturated rings. The van der Waals surface area contributed by atoms with E-state index in [0.29, 0.717) is 24.5 Å². The monoisotopic (exact) mass is 360 g/mol. The molecule has 0 bridgehead atoms. The van der Waals surface area contributed by atoms with Crippen LogP contribution in [0.2, 0.25) is 0 Å². The van der Waals surface area contributed by atoms with E-state index in [2.05, 4.69) is 0 Å². The van der Waals surface area contributed by atoms with Crippen LogP contribution in [0.5, 0.6) is 11.5 Å². The summed E-state index contributed by atoms with van der Waals surface area (Å²) in [5, 5.41) is 0. The van der Waals surface area contributed by atoms with Gasteiger partial charge in [0.2, 0.25) is 0 Å². The maximum absolute atomic E-state index is 12.9. The fraction of sp³-hybridized carbons (Fsp3) is 0.316. The number of hydrogen-bond donors (Lipinski definition) is 1. The Bertz CT molecular complexity index is 764. The van der Waals surface area contributed by atoms with Crippen LogP contribution in [0, 0.1) is 0 Å². The van der Waals surface area contributed by atoms with Gasteiger partial charge in [-0.3, -0.25) is 4.79 Å². The molecule has 2 heterocycles. The van der Waals surface area contributed by atoms with Gasteiger partial charge in [-0.25, -0.2) is 0 Å². The summed E-state index contributed by atoms with van der Waals surface area (Å²) in [5.74, 6) is 1.59. The third kappa shape index (κ3) is 3.37. The van der Waals surface area contributed by atoms with Crippen molar-refractivity contribution < 1.29 is 14.3 Å². The molecule has 2 aliphatic rings. The molecule has 4 rings (SSSR count). The molecular weight excluding hydrogens is 340 g/mol. The van der Waals surface area contributed by atoms with E-state index < -0.39 is 0 Å². The average Bonchev–Trinajstić information content (AvgIpc) is 3.11. The number of carbonyl (C=O) groups excluding carboxylic acids is 1. The molecule has 5 nitrogen and oxygen atoms in total. The fourth-order valence-electron chi connectivity index (χ4n) is 3.42. The zero-order valence-electron chi connectivity index (χ0n) is 13.8. The molecule has 25 heavy (non-hydrogen) atoms. The molecule has 132 valence electrons. The van der Waals surface area contributed by atoms with Crippen molar-refractivity contribution in [3.05, 3.63) is 53.6 Å². The lowest BCUT2D eigenvalue weighted by Crippen LogP contribution is -2.30.